The molecule has 1 heterocycles. The topological polar surface area (TPSA) is 105 Å². The highest BCUT2D eigenvalue weighted by Gasteiger charge is 2.32. The van der Waals surface area contributed by atoms with E-state index in [1.807, 2.05) is 0 Å². The number of hydrogen-bond acceptors (Lipinski definition) is 5. The maximum atomic E-state index is 13.2. The standard InChI is InChI=1S/C23H28ClN3O5S/c1-3-21(27(33(2,30)31)17-9-6-8-16(24)14-17)23(29)26-20-12-5-4-11-19(20)22(28)25-15-18-10-7-13-32-18/h4-6,8-9,11-12,14,18,21H,3,7,10,13,15H2,1-2H3,(H,25,28)(H,26,29)/t18-,21-/m1/s1. The molecule has 1 aliphatic heterocycles. The highest BCUT2D eigenvalue weighted by molar-refractivity contribution is 7.92. The van der Waals surface area contributed by atoms with Gasteiger partial charge in [-0.3, -0.25) is 13.9 Å². The van der Waals surface area contributed by atoms with Crippen molar-refractivity contribution < 1.29 is 22.7 Å². The first-order valence-corrected chi connectivity index (χ1v) is 13.0. The number of anilines is 2. The number of nitrogens with one attached hydrogen (secondary N) is 2. The molecule has 2 N–H and O–H groups in total. The average molecular weight is 494 g/mol. The molecule has 8 nitrogen and oxygen atoms in total. The number of sulfonamides is 1. The zero-order valence-corrected chi connectivity index (χ0v) is 20.2. The molecule has 2 aromatic rings. The van der Waals surface area contributed by atoms with E-state index in [0.29, 0.717) is 23.9 Å². The second-order valence-corrected chi connectivity index (χ2v) is 10.1. The van der Waals surface area contributed by atoms with E-state index in [1.165, 1.54) is 6.07 Å². The SMILES string of the molecule is CC[C@H](C(=O)Nc1ccccc1C(=O)NC[C@H]1CCCO1)N(c1cccc(Cl)c1)S(C)(=O)=O. The molecule has 0 unspecified atom stereocenters. The molecule has 2 amide bonds. The van der Waals surface area contributed by atoms with Gasteiger partial charge in [0, 0.05) is 18.2 Å². The van der Waals surface area contributed by atoms with Crippen molar-refractivity contribution in [2.24, 2.45) is 0 Å². The minimum atomic E-state index is -3.81. The summed E-state index contributed by atoms with van der Waals surface area (Å²) in [5.74, 6) is -0.897. The van der Waals surface area contributed by atoms with Gasteiger partial charge in [-0.1, -0.05) is 36.7 Å². The summed E-state index contributed by atoms with van der Waals surface area (Å²) in [7, 11) is -3.81. The number of halogens is 1. The van der Waals surface area contributed by atoms with Gasteiger partial charge in [0.05, 0.1) is 29.3 Å². The van der Waals surface area contributed by atoms with Crippen molar-refractivity contribution in [2.75, 3.05) is 29.0 Å². The van der Waals surface area contributed by atoms with Crippen LogP contribution in [-0.2, 0) is 19.6 Å². The van der Waals surface area contributed by atoms with Crippen molar-refractivity contribution in [3.05, 3.63) is 59.1 Å². The van der Waals surface area contributed by atoms with Gasteiger partial charge in [-0.15, -0.1) is 0 Å². The van der Waals surface area contributed by atoms with Gasteiger partial charge in [-0.25, -0.2) is 8.42 Å². The normalized spacial score (nSPS) is 16.8. The fraction of sp³-hybridized carbons (Fsp3) is 0.391. The highest BCUT2D eigenvalue weighted by Crippen LogP contribution is 2.26. The molecule has 0 bridgehead atoms. The summed E-state index contributed by atoms with van der Waals surface area (Å²) in [6, 6.07) is 11.9. The molecule has 178 valence electrons. The number of ether oxygens (including phenoxy) is 1. The predicted molar refractivity (Wildman–Crippen MR) is 129 cm³/mol. The molecule has 0 spiro atoms. The van der Waals surface area contributed by atoms with Crippen LogP contribution in [-0.4, -0.2) is 51.8 Å². The summed E-state index contributed by atoms with van der Waals surface area (Å²) in [6.07, 6.45) is 3.09. The Morgan fingerprint density at radius 1 is 1.21 bits per heavy atom. The smallest absolute Gasteiger partial charge is 0.253 e. The minimum Gasteiger partial charge on any atom is -0.376 e. The van der Waals surface area contributed by atoms with Gasteiger partial charge in [0.2, 0.25) is 15.9 Å². The second-order valence-electron chi connectivity index (χ2n) is 7.84. The first-order valence-electron chi connectivity index (χ1n) is 10.8. The third-order valence-electron chi connectivity index (χ3n) is 5.34. The summed E-state index contributed by atoms with van der Waals surface area (Å²) in [5.41, 5.74) is 0.868. The first kappa shape index (κ1) is 25.0. The van der Waals surface area contributed by atoms with E-state index in [1.54, 1.807) is 49.4 Å². The zero-order valence-electron chi connectivity index (χ0n) is 18.6. The number of nitrogens with zero attached hydrogens (tertiary/aromatic N) is 1. The molecule has 0 radical (unpaired) electrons. The van der Waals surface area contributed by atoms with Crippen LogP contribution in [0.5, 0.6) is 0 Å². The molecule has 3 rings (SSSR count). The molecule has 1 aliphatic rings. The fourth-order valence-electron chi connectivity index (χ4n) is 3.79. The van der Waals surface area contributed by atoms with Gasteiger partial charge >= 0.3 is 0 Å². The van der Waals surface area contributed by atoms with Crippen molar-refractivity contribution in [3.8, 4) is 0 Å². The Balaban J connectivity index is 1.82. The maximum absolute atomic E-state index is 13.2. The van der Waals surface area contributed by atoms with E-state index in [4.69, 9.17) is 16.3 Å². The van der Waals surface area contributed by atoms with E-state index in [0.717, 1.165) is 23.4 Å². The van der Waals surface area contributed by atoms with Gasteiger partial charge in [0.25, 0.3) is 5.91 Å². The van der Waals surface area contributed by atoms with Crippen LogP contribution in [0.2, 0.25) is 5.02 Å². The number of rotatable bonds is 9. The number of amides is 2. The lowest BCUT2D eigenvalue weighted by Crippen LogP contribution is -2.47. The van der Waals surface area contributed by atoms with Crippen LogP contribution in [0.4, 0.5) is 11.4 Å². The molecule has 0 aliphatic carbocycles. The molecule has 0 saturated carbocycles. The van der Waals surface area contributed by atoms with Gasteiger partial charge in [-0.05, 0) is 49.6 Å². The molecule has 1 fully saturated rings. The predicted octanol–water partition coefficient (Wildman–Crippen LogP) is 3.43. The monoisotopic (exact) mass is 493 g/mol. The van der Waals surface area contributed by atoms with Gasteiger partial charge < -0.3 is 15.4 Å². The average Bonchev–Trinajstić information content (AvgIpc) is 3.28. The molecule has 0 aromatic heterocycles. The Kier molecular flexibility index (Phi) is 8.34. The summed E-state index contributed by atoms with van der Waals surface area (Å²) in [6.45, 7) is 2.79. The molecule has 2 aromatic carbocycles. The Bertz CT molecular complexity index is 1100. The lowest BCUT2D eigenvalue weighted by Gasteiger charge is -2.30. The van der Waals surface area contributed by atoms with Gasteiger partial charge in [0.15, 0.2) is 0 Å². The zero-order chi connectivity index (χ0) is 24.0. The second kappa shape index (κ2) is 11.0. The van der Waals surface area contributed by atoms with Crippen LogP contribution in [0, 0.1) is 0 Å². The van der Waals surface area contributed by atoms with Crippen LogP contribution in [0.1, 0.15) is 36.5 Å². The van der Waals surface area contributed by atoms with Crippen molar-refractivity contribution in [1.82, 2.24) is 5.32 Å². The molecule has 1 saturated heterocycles. The quantitative estimate of drug-likeness (QED) is 0.556. The van der Waals surface area contributed by atoms with Crippen LogP contribution in [0.3, 0.4) is 0 Å². The van der Waals surface area contributed by atoms with Crippen LogP contribution < -0.4 is 14.9 Å². The lowest BCUT2D eigenvalue weighted by atomic mass is 10.1. The van der Waals surface area contributed by atoms with Crippen molar-refractivity contribution in [1.29, 1.82) is 0 Å². The molecular weight excluding hydrogens is 466 g/mol. The fourth-order valence-corrected chi connectivity index (χ4v) is 5.17. The number of hydrogen-bond donors (Lipinski definition) is 2. The summed E-state index contributed by atoms with van der Waals surface area (Å²) >= 11 is 6.05. The van der Waals surface area contributed by atoms with E-state index in [9.17, 15) is 18.0 Å². The Morgan fingerprint density at radius 3 is 2.61 bits per heavy atom. The minimum absolute atomic E-state index is 0.0128. The number of carbonyl (C=O) groups is 2. The van der Waals surface area contributed by atoms with E-state index < -0.39 is 22.0 Å². The summed E-state index contributed by atoms with van der Waals surface area (Å²) in [4.78, 5) is 26.0. The van der Waals surface area contributed by atoms with E-state index >= 15 is 0 Å². The Labute approximate surface area is 199 Å². The number of para-hydroxylation sites is 1. The van der Waals surface area contributed by atoms with Crippen molar-refractivity contribution in [3.63, 3.8) is 0 Å². The highest BCUT2D eigenvalue weighted by atomic mass is 35.5. The molecular formula is C23H28ClN3O5S. The Hall–Kier alpha value is -2.62. The summed E-state index contributed by atoms with van der Waals surface area (Å²) in [5, 5.41) is 5.93. The van der Waals surface area contributed by atoms with Gasteiger partial charge in [-0.2, -0.15) is 0 Å². The summed E-state index contributed by atoms with van der Waals surface area (Å²) < 4.78 is 31.8. The third-order valence-corrected chi connectivity index (χ3v) is 6.75. The molecule has 2 atom stereocenters. The number of carbonyl (C=O) groups excluding carboxylic acids is 2. The molecule has 33 heavy (non-hydrogen) atoms. The van der Waals surface area contributed by atoms with Crippen LogP contribution in [0.15, 0.2) is 48.5 Å². The van der Waals surface area contributed by atoms with E-state index in [-0.39, 0.29) is 29.7 Å². The van der Waals surface area contributed by atoms with Crippen molar-refractivity contribution >= 4 is 44.8 Å². The van der Waals surface area contributed by atoms with Gasteiger partial charge in [0.1, 0.15) is 6.04 Å². The van der Waals surface area contributed by atoms with E-state index in [2.05, 4.69) is 10.6 Å². The van der Waals surface area contributed by atoms with Crippen LogP contribution in [0.25, 0.3) is 0 Å². The first-order chi connectivity index (χ1) is 15.7. The van der Waals surface area contributed by atoms with Crippen LogP contribution >= 0.6 is 11.6 Å². The molecule has 10 heteroatoms. The Morgan fingerprint density at radius 2 is 1.97 bits per heavy atom. The number of benzene rings is 2. The van der Waals surface area contributed by atoms with Crippen molar-refractivity contribution in [2.45, 2.75) is 38.3 Å². The lowest BCUT2D eigenvalue weighted by molar-refractivity contribution is -0.117. The third kappa shape index (κ3) is 6.46. The largest absolute Gasteiger partial charge is 0.376 e. The maximum Gasteiger partial charge on any atom is 0.253 e.